The first-order valence-corrected chi connectivity index (χ1v) is 28.9. The van der Waals surface area contributed by atoms with Crippen LogP contribution in [0.4, 0.5) is 0 Å². The van der Waals surface area contributed by atoms with Crippen molar-refractivity contribution in [3.8, 4) is 0 Å². The summed E-state index contributed by atoms with van der Waals surface area (Å²) < 4.78 is 11.7. The van der Waals surface area contributed by atoms with E-state index in [1.54, 1.807) is 6.92 Å². The summed E-state index contributed by atoms with van der Waals surface area (Å²) in [6.45, 7) is 13.9. The number of carbonyl (C=O) groups excluding carboxylic acids is 3. The SMILES string of the molecule is CCCCCCCCC(CCCCCC)COC(=O)CCCCCCCCC(CCCCCCCCC(=O)OCC(CCCCCC)CCCCCCCC)N(CCCN(C)C)C(C)=O. The Bertz CT molecular complexity index is 972. The van der Waals surface area contributed by atoms with Gasteiger partial charge < -0.3 is 19.3 Å². The predicted molar refractivity (Wildman–Crippen MR) is 281 cm³/mol. The van der Waals surface area contributed by atoms with Crippen molar-refractivity contribution < 1.29 is 23.9 Å². The molecule has 2 atom stereocenters. The summed E-state index contributed by atoms with van der Waals surface area (Å²) in [6.07, 6.45) is 48.5. The molecule has 0 aromatic heterocycles. The summed E-state index contributed by atoms with van der Waals surface area (Å²) in [7, 11) is 4.21. The lowest BCUT2D eigenvalue weighted by atomic mass is 9.95. The van der Waals surface area contributed by atoms with Gasteiger partial charge in [-0.1, -0.05) is 220 Å². The molecule has 65 heavy (non-hydrogen) atoms. The number of nitrogens with zero attached hydrogens (tertiary/aromatic N) is 2. The molecule has 0 rings (SSSR count). The maximum Gasteiger partial charge on any atom is 0.305 e. The zero-order valence-electron chi connectivity index (χ0n) is 45.0. The zero-order chi connectivity index (χ0) is 47.9. The molecule has 1 amide bonds. The van der Waals surface area contributed by atoms with E-state index in [2.05, 4.69) is 51.6 Å². The number of amides is 1. The first kappa shape index (κ1) is 63.4. The molecule has 0 aliphatic heterocycles. The molecule has 0 fully saturated rings. The highest BCUT2D eigenvalue weighted by Crippen LogP contribution is 2.23. The molecule has 2 unspecified atom stereocenters. The van der Waals surface area contributed by atoms with Gasteiger partial charge in [-0.05, 0) is 90.3 Å². The highest BCUT2D eigenvalue weighted by molar-refractivity contribution is 5.73. The number of ether oxygens (including phenoxy) is 2. The molecule has 7 heteroatoms. The monoisotopic (exact) mass is 919 g/mol. The van der Waals surface area contributed by atoms with Gasteiger partial charge in [0.15, 0.2) is 0 Å². The predicted octanol–water partition coefficient (Wildman–Crippen LogP) is 17.2. The van der Waals surface area contributed by atoms with E-state index in [1.165, 1.54) is 180 Å². The summed E-state index contributed by atoms with van der Waals surface area (Å²) in [4.78, 5) is 42.6. The second-order valence-corrected chi connectivity index (χ2v) is 20.8. The molecule has 0 N–H and O–H groups in total. The lowest BCUT2D eigenvalue weighted by Crippen LogP contribution is -2.40. The van der Waals surface area contributed by atoms with Crippen LogP contribution in [0.25, 0.3) is 0 Å². The van der Waals surface area contributed by atoms with Gasteiger partial charge in [-0.25, -0.2) is 0 Å². The van der Waals surface area contributed by atoms with Crippen LogP contribution in [-0.4, -0.2) is 74.1 Å². The molecule has 0 aliphatic carbocycles. The standard InChI is InChI=1S/C58H114N2O5/c1-8-12-16-20-26-34-43-54(41-32-18-14-10-3)51-64-57(62)47-38-30-24-22-28-36-45-56(60(53(5)61)50-40-49-59(6)7)46-37-29-23-25-31-39-48-58(63)65-52-55(42-33-19-15-11-4)44-35-27-21-17-13-9-2/h54-56H,8-52H2,1-7H3. The minimum atomic E-state index is -0.00130. The Kier molecular flexibility index (Phi) is 47.6. The molecule has 0 aliphatic rings. The maximum atomic E-state index is 12.9. The third-order valence-electron chi connectivity index (χ3n) is 14.0. The fourth-order valence-electron chi connectivity index (χ4n) is 9.66. The van der Waals surface area contributed by atoms with Crippen molar-refractivity contribution in [3.05, 3.63) is 0 Å². The van der Waals surface area contributed by atoms with Gasteiger partial charge in [0.2, 0.25) is 5.91 Å². The number of esters is 2. The van der Waals surface area contributed by atoms with E-state index in [0.29, 0.717) is 43.9 Å². The van der Waals surface area contributed by atoms with Crippen molar-refractivity contribution in [1.82, 2.24) is 9.80 Å². The van der Waals surface area contributed by atoms with E-state index in [0.717, 1.165) is 83.7 Å². The van der Waals surface area contributed by atoms with Gasteiger partial charge in [0.25, 0.3) is 0 Å². The van der Waals surface area contributed by atoms with Crippen molar-refractivity contribution in [3.63, 3.8) is 0 Å². The fourth-order valence-corrected chi connectivity index (χ4v) is 9.66. The topological polar surface area (TPSA) is 76.2 Å². The van der Waals surface area contributed by atoms with Crippen molar-refractivity contribution in [2.24, 2.45) is 11.8 Å². The molecular weight excluding hydrogens is 805 g/mol. The van der Waals surface area contributed by atoms with Crippen LogP contribution in [0.1, 0.15) is 298 Å². The van der Waals surface area contributed by atoms with E-state index in [4.69, 9.17) is 9.47 Å². The molecule has 0 bridgehead atoms. The Balaban J connectivity index is 4.58. The summed E-state index contributed by atoms with van der Waals surface area (Å²) in [6, 6.07) is 0.312. The van der Waals surface area contributed by atoms with Gasteiger partial charge >= 0.3 is 11.9 Å². The molecule has 0 spiro atoms. The van der Waals surface area contributed by atoms with Crippen molar-refractivity contribution in [2.45, 2.75) is 304 Å². The van der Waals surface area contributed by atoms with Crippen LogP contribution in [0.5, 0.6) is 0 Å². The van der Waals surface area contributed by atoms with Gasteiger partial charge in [0, 0.05) is 32.4 Å². The summed E-state index contributed by atoms with van der Waals surface area (Å²) in [5.41, 5.74) is 0. The van der Waals surface area contributed by atoms with Crippen LogP contribution in [0.3, 0.4) is 0 Å². The zero-order valence-corrected chi connectivity index (χ0v) is 45.0. The maximum absolute atomic E-state index is 12.9. The van der Waals surface area contributed by atoms with Crippen LogP contribution in [0.15, 0.2) is 0 Å². The van der Waals surface area contributed by atoms with Gasteiger partial charge in [-0.15, -0.1) is 0 Å². The van der Waals surface area contributed by atoms with Gasteiger partial charge in [0.05, 0.1) is 13.2 Å². The highest BCUT2D eigenvalue weighted by atomic mass is 16.5. The molecule has 0 saturated carbocycles. The quantitative estimate of drug-likeness (QED) is 0.0447. The second-order valence-electron chi connectivity index (χ2n) is 20.8. The van der Waals surface area contributed by atoms with Gasteiger partial charge in [0.1, 0.15) is 0 Å². The number of carbonyl (C=O) groups is 3. The normalized spacial score (nSPS) is 13.0. The van der Waals surface area contributed by atoms with Crippen molar-refractivity contribution in [2.75, 3.05) is 40.4 Å². The van der Waals surface area contributed by atoms with Crippen LogP contribution in [0.2, 0.25) is 0 Å². The average molecular weight is 920 g/mol. The molecular formula is C58H114N2O5. The number of unbranched alkanes of at least 4 members (excludes halogenated alkanes) is 26. The fraction of sp³-hybridized carbons (Fsp3) is 0.948. The molecule has 0 aromatic rings. The Hall–Kier alpha value is -1.63. The minimum absolute atomic E-state index is 0.00130. The van der Waals surface area contributed by atoms with E-state index in [9.17, 15) is 14.4 Å². The summed E-state index contributed by atoms with van der Waals surface area (Å²) >= 11 is 0. The molecule has 0 aromatic carbocycles. The Morgan fingerprint density at radius 3 is 0.985 bits per heavy atom. The Labute approximate surface area is 406 Å². The van der Waals surface area contributed by atoms with E-state index >= 15 is 0 Å². The lowest BCUT2D eigenvalue weighted by molar-refractivity contribution is -0.146. The van der Waals surface area contributed by atoms with Crippen molar-refractivity contribution in [1.29, 1.82) is 0 Å². The lowest BCUT2D eigenvalue weighted by Gasteiger charge is -2.32. The highest BCUT2D eigenvalue weighted by Gasteiger charge is 2.21. The smallest absolute Gasteiger partial charge is 0.305 e. The summed E-state index contributed by atoms with van der Waals surface area (Å²) in [5.74, 6) is 1.26. The van der Waals surface area contributed by atoms with Crippen molar-refractivity contribution >= 4 is 17.8 Å². The van der Waals surface area contributed by atoms with E-state index in [1.807, 2.05) is 0 Å². The molecule has 0 heterocycles. The van der Waals surface area contributed by atoms with Gasteiger partial charge in [-0.3, -0.25) is 14.4 Å². The number of rotatable bonds is 51. The molecule has 0 radical (unpaired) electrons. The number of hydrogen-bond donors (Lipinski definition) is 0. The Morgan fingerprint density at radius 1 is 0.369 bits per heavy atom. The Morgan fingerprint density at radius 2 is 0.662 bits per heavy atom. The minimum Gasteiger partial charge on any atom is -0.465 e. The number of hydrogen-bond acceptors (Lipinski definition) is 6. The van der Waals surface area contributed by atoms with Crippen LogP contribution in [-0.2, 0) is 23.9 Å². The summed E-state index contributed by atoms with van der Waals surface area (Å²) in [5, 5.41) is 0. The van der Waals surface area contributed by atoms with E-state index < -0.39 is 0 Å². The third kappa shape index (κ3) is 43.4. The van der Waals surface area contributed by atoms with Crippen LogP contribution in [0, 0.1) is 11.8 Å². The first-order chi connectivity index (χ1) is 31.7. The third-order valence-corrected chi connectivity index (χ3v) is 14.0. The molecule has 386 valence electrons. The van der Waals surface area contributed by atoms with Gasteiger partial charge in [-0.2, -0.15) is 0 Å². The van der Waals surface area contributed by atoms with Crippen LogP contribution < -0.4 is 0 Å². The van der Waals surface area contributed by atoms with Crippen LogP contribution >= 0.6 is 0 Å². The second kappa shape index (κ2) is 48.8. The first-order valence-electron chi connectivity index (χ1n) is 28.9. The molecule has 7 nitrogen and oxygen atoms in total. The molecule has 0 saturated heterocycles. The van der Waals surface area contributed by atoms with E-state index in [-0.39, 0.29) is 17.8 Å². The average Bonchev–Trinajstić information content (AvgIpc) is 3.28. The largest absolute Gasteiger partial charge is 0.465 e.